The van der Waals surface area contributed by atoms with Gasteiger partial charge in [0.1, 0.15) is 11.2 Å². The van der Waals surface area contributed by atoms with Gasteiger partial charge in [0.15, 0.2) is 17.4 Å². The number of nitrogens with one attached hydrogen (secondary N) is 3. The van der Waals surface area contributed by atoms with Crippen LogP contribution in [0.5, 0.6) is 5.75 Å². The fraction of sp³-hybridized carbons (Fsp3) is 0.350. The van der Waals surface area contributed by atoms with Gasteiger partial charge in [-0.2, -0.15) is 13.2 Å². The Morgan fingerprint density at radius 2 is 1.97 bits per heavy atom. The lowest BCUT2D eigenvalue weighted by molar-refractivity contribution is -0.185. The second kappa shape index (κ2) is 8.92. The Kier molecular flexibility index (Phi) is 6.42. The van der Waals surface area contributed by atoms with Crippen molar-refractivity contribution < 1.29 is 27.2 Å². The lowest BCUT2D eigenvalue weighted by atomic mass is 9.89. The molecule has 0 aliphatic heterocycles. The molecule has 3 aromatic heterocycles. The SMILES string of the molecule is CCOc1cc(=O)[nH]cc1-c1ncc(NC(=O)Nc2cc(C(C)(C)C(F)(F)F)on2)c(C)n1. The highest BCUT2D eigenvalue weighted by molar-refractivity contribution is 5.99. The van der Waals surface area contributed by atoms with Gasteiger partial charge in [0.2, 0.25) is 0 Å². The number of urea groups is 1. The Balaban J connectivity index is 1.74. The molecule has 0 aliphatic carbocycles. The number of aromatic amines is 1. The van der Waals surface area contributed by atoms with Crippen LogP contribution < -0.4 is 20.9 Å². The summed E-state index contributed by atoms with van der Waals surface area (Å²) in [7, 11) is 0. The van der Waals surface area contributed by atoms with Crippen molar-refractivity contribution in [1.29, 1.82) is 0 Å². The molecule has 0 saturated heterocycles. The van der Waals surface area contributed by atoms with Gasteiger partial charge in [-0.05, 0) is 27.7 Å². The van der Waals surface area contributed by atoms with E-state index in [-0.39, 0.29) is 22.9 Å². The van der Waals surface area contributed by atoms with Gasteiger partial charge in [-0.15, -0.1) is 0 Å². The minimum atomic E-state index is -4.56. The molecule has 13 heteroatoms. The number of carbonyl (C=O) groups is 1. The average Bonchev–Trinajstić information content (AvgIpc) is 3.18. The first-order valence-electron chi connectivity index (χ1n) is 9.74. The molecule has 0 atom stereocenters. The van der Waals surface area contributed by atoms with Crippen molar-refractivity contribution in [3.05, 3.63) is 46.3 Å². The quantitative estimate of drug-likeness (QED) is 0.499. The first kappa shape index (κ1) is 23.8. The maximum absolute atomic E-state index is 13.1. The van der Waals surface area contributed by atoms with Crippen LogP contribution in [0.3, 0.4) is 0 Å². The number of hydrogen-bond donors (Lipinski definition) is 3. The second-order valence-corrected chi connectivity index (χ2v) is 7.48. The molecule has 3 N–H and O–H groups in total. The van der Waals surface area contributed by atoms with Crippen LogP contribution in [0.1, 0.15) is 32.2 Å². The summed E-state index contributed by atoms with van der Waals surface area (Å²) in [5, 5.41) is 8.27. The highest BCUT2D eigenvalue weighted by Gasteiger charge is 2.51. The molecule has 0 aliphatic rings. The molecule has 0 fully saturated rings. The van der Waals surface area contributed by atoms with E-state index in [2.05, 4.69) is 30.7 Å². The molecule has 33 heavy (non-hydrogen) atoms. The number of amides is 2. The number of hydrogen-bond acceptors (Lipinski definition) is 7. The predicted octanol–water partition coefficient (Wildman–Crippen LogP) is 4.01. The summed E-state index contributed by atoms with van der Waals surface area (Å²) in [5.74, 6) is -0.0683. The standard InChI is InChI=1S/C20H21F3N6O4/c1-5-32-13-6-16(30)24-8-11(13)17-25-9-12(10(2)26-17)27-18(31)28-15-7-14(33-29-15)19(3,4)20(21,22)23/h6-9H,5H2,1-4H3,(H,24,30)(H2,27,28,29,31). The number of aryl methyl sites for hydroxylation is 1. The second-order valence-electron chi connectivity index (χ2n) is 7.48. The maximum Gasteiger partial charge on any atom is 0.401 e. The molecule has 0 spiro atoms. The number of anilines is 2. The van der Waals surface area contributed by atoms with E-state index in [1.807, 2.05) is 0 Å². The summed E-state index contributed by atoms with van der Waals surface area (Å²) in [4.78, 5) is 34.9. The number of nitrogens with zero attached hydrogens (tertiary/aromatic N) is 3. The van der Waals surface area contributed by atoms with Crippen molar-refractivity contribution in [3.63, 3.8) is 0 Å². The third-order valence-electron chi connectivity index (χ3n) is 4.73. The molecule has 0 radical (unpaired) electrons. The minimum Gasteiger partial charge on any atom is -0.493 e. The molecular weight excluding hydrogens is 445 g/mol. The van der Waals surface area contributed by atoms with Crippen LogP contribution in [0.4, 0.5) is 29.5 Å². The van der Waals surface area contributed by atoms with Crippen molar-refractivity contribution in [3.8, 4) is 17.1 Å². The van der Waals surface area contributed by atoms with Gasteiger partial charge >= 0.3 is 12.2 Å². The summed E-state index contributed by atoms with van der Waals surface area (Å²) in [6.45, 7) is 5.61. The molecular formula is C20H21F3N6O4. The van der Waals surface area contributed by atoms with Crippen molar-refractivity contribution in [2.45, 2.75) is 39.3 Å². The van der Waals surface area contributed by atoms with Crippen LogP contribution in [0.2, 0.25) is 0 Å². The Labute approximate surface area is 185 Å². The fourth-order valence-electron chi connectivity index (χ4n) is 2.66. The minimum absolute atomic E-state index is 0.190. The van der Waals surface area contributed by atoms with Crippen LogP contribution in [-0.4, -0.2) is 38.9 Å². The van der Waals surface area contributed by atoms with E-state index in [0.29, 0.717) is 23.6 Å². The van der Waals surface area contributed by atoms with Gasteiger partial charge in [0, 0.05) is 18.3 Å². The Bertz CT molecular complexity index is 1220. The third-order valence-corrected chi connectivity index (χ3v) is 4.73. The maximum atomic E-state index is 13.1. The number of alkyl halides is 3. The van der Waals surface area contributed by atoms with Crippen LogP contribution in [0.15, 0.2) is 33.8 Å². The number of carbonyl (C=O) groups excluding carboxylic acids is 1. The average molecular weight is 466 g/mol. The molecule has 2 amide bonds. The molecule has 0 aromatic carbocycles. The van der Waals surface area contributed by atoms with Gasteiger partial charge in [-0.3, -0.25) is 10.1 Å². The highest BCUT2D eigenvalue weighted by atomic mass is 19.4. The highest BCUT2D eigenvalue weighted by Crippen LogP contribution is 2.41. The van der Waals surface area contributed by atoms with Crippen LogP contribution in [0.25, 0.3) is 11.4 Å². The van der Waals surface area contributed by atoms with E-state index in [4.69, 9.17) is 9.26 Å². The van der Waals surface area contributed by atoms with Crippen molar-refractivity contribution in [2.24, 2.45) is 0 Å². The molecule has 176 valence electrons. The van der Waals surface area contributed by atoms with Crippen molar-refractivity contribution in [1.82, 2.24) is 20.1 Å². The van der Waals surface area contributed by atoms with E-state index in [9.17, 15) is 22.8 Å². The monoisotopic (exact) mass is 466 g/mol. The number of rotatable bonds is 6. The lowest BCUT2D eigenvalue weighted by Gasteiger charge is -2.24. The molecule has 3 heterocycles. The van der Waals surface area contributed by atoms with E-state index >= 15 is 0 Å². The number of pyridine rings is 1. The van der Waals surface area contributed by atoms with Gasteiger partial charge in [0.25, 0.3) is 5.56 Å². The summed E-state index contributed by atoms with van der Waals surface area (Å²) in [5.41, 5.74) is -1.53. The van der Waals surface area contributed by atoms with Crippen molar-refractivity contribution in [2.75, 3.05) is 17.2 Å². The molecule has 3 rings (SSSR count). The van der Waals surface area contributed by atoms with Gasteiger partial charge in [-0.1, -0.05) is 5.16 Å². The van der Waals surface area contributed by atoms with Gasteiger partial charge in [-0.25, -0.2) is 14.8 Å². The zero-order valence-electron chi connectivity index (χ0n) is 18.1. The van der Waals surface area contributed by atoms with Crippen LogP contribution in [-0.2, 0) is 5.41 Å². The normalized spacial score (nSPS) is 11.8. The van der Waals surface area contributed by atoms with Gasteiger partial charge < -0.3 is 19.6 Å². The van der Waals surface area contributed by atoms with Crippen LogP contribution >= 0.6 is 0 Å². The largest absolute Gasteiger partial charge is 0.493 e. The topological polar surface area (TPSA) is 135 Å². The Morgan fingerprint density at radius 1 is 1.24 bits per heavy atom. The lowest BCUT2D eigenvalue weighted by Crippen LogP contribution is -2.35. The third kappa shape index (κ3) is 5.13. The van der Waals surface area contributed by atoms with E-state index < -0.39 is 23.4 Å². The zero-order valence-corrected chi connectivity index (χ0v) is 18.1. The van der Waals surface area contributed by atoms with Crippen LogP contribution in [0, 0.1) is 6.92 Å². The Morgan fingerprint density at radius 3 is 2.61 bits per heavy atom. The summed E-state index contributed by atoms with van der Waals surface area (Å²) >= 11 is 0. The number of halogens is 3. The fourth-order valence-corrected chi connectivity index (χ4v) is 2.66. The molecule has 0 unspecified atom stereocenters. The number of ether oxygens (including phenoxy) is 1. The first-order chi connectivity index (χ1) is 15.4. The van der Waals surface area contributed by atoms with Crippen molar-refractivity contribution >= 4 is 17.5 Å². The van der Waals surface area contributed by atoms with E-state index in [0.717, 1.165) is 19.9 Å². The van der Waals surface area contributed by atoms with Gasteiger partial charge in [0.05, 0.1) is 29.7 Å². The summed E-state index contributed by atoms with van der Waals surface area (Å²) in [6.07, 6.45) is -1.79. The zero-order chi connectivity index (χ0) is 24.4. The smallest absolute Gasteiger partial charge is 0.401 e. The summed E-state index contributed by atoms with van der Waals surface area (Å²) in [6, 6.07) is 1.51. The first-order valence-corrected chi connectivity index (χ1v) is 9.74. The van der Waals surface area contributed by atoms with E-state index in [1.165, 1.54) is 18.5 Å². The predicted molar refractivity (Wildman–Crippen MR) is 112 cm³/mol. The summed E-state index contributed by atoms with van der Waals surface area (Å²) < 4.78 is 49.6. The van der Waals surface area contributed by atoms with E-state index in [1.54, 1.807) is 13.8 Å². The number of aromatic nitrogens is 4. The molecule has 10 nitrogen and oxygen atoms in total. The Hall–Kier alpha value is -3.90. The number of H-pyrrole nitrogens is 1. The molecule has 0 bridgehead atoms. The molecule has 3 aromatic rings. The molecule has 0 saturated carbocycles.